The molecule has 0 fully saturated rings. The van der Waals surface area contributed by atoms with Crippen LogP contribution in [0.5, 0.6) is 0 Å². The number of amides is 1. The molecule has 0 N–H and O–H groups in total. The topological polar surface area (TPSA) is 54.5 Å². The second-order valence-electron chi connectivity index (χ2n) is 6.22. The molecule has 118 valence electrons. The van der Waals surface area contributed by atoms with Gasteiger partial charge >= 0.3 is 0 Å². The molecule has 0 atom stereocenters. The van der Waals surface area contributed by atoms with Gasteiger partial charge in [0, 0.05) is 28.9 Å². The number of hydrogen-bond acceptors (Lipinski definition) is 3. The summed E-state index contributed by atoms with van der Waals surface area (Å²) in [5, 5.41) is 0.526. The highest BCUT2D eigenvalue weighted by molar-refractivity contribution is 7.90. The maximum Gasteiger partial charge on any atom is 0.254 e. The number of aryl methyl sites for hydroxylation is 1. The standard InChI is InChI=1S/C15H22ClNO3S/c1-11-6-7-12(10-13(11)16)14(18)17(15(2,3)4)8-9-21(5,19)20/h6-7,10H,8-9H2,1-5H3. The van der Waals surface area contributed by atoms with E-state index >= 15 is 0 Å². The molecule has 0 saturated heterocycles. The third-order valence-corrected chi connectivity index (χ3v) is 4.49. The summed E-state index contributed by atoms with van der Waals surface area (Å²) in [6, 6.07) is 5.12. The monoisotopic (exact) mass is 331 g/mol. The number of halogens is 1. The first-order valence-electron chi connectivity index (χ1n) is 6.67. The first kappa shape index (κ1) is 18.0. The second-order valence-corrected chi connectivity index (χ2v) is 8.89. The predicted octanol–water partition coefficient (Wildman–Crippen LogP) is 2.93. The van der Waals surface area contributed by atoms with Crippen molar-refractivity contribution >= 4 is 27.3 Å². The normalized spacial score (nSPS) is 12.3. The van der Waals surface area contributed by atoms with Crippen molar-refractivity contribution in [1.82, 2.24) is 4.90 Å². The van der Waals surface area contributed by atoms with Gasteiger partial charge in [0.05, 0.1) is 5.75 Å². The van der Waals surface area contributed by atoms with Gasteiger partial charge in [-0.25, -0.2) is 8.42 Å². The molecule has 0 bridgehead atoms. The van der Waals surface area contributed by atoms with Crippen LogP contribution in [0, 0.1) is 6.92 Å². The average molecular weight is 332 g/mol. The minimum atomic E-state index is -3.13. The number of rotatable bonds is 4. The van der Waals surface area contributed by atoms with Crippen LogP contribution in [0.1, 0.15) is 36.7 Å². The van der Waals surface area contributed by atoms with Crippen LogP contribution in [0.25, 0.3) is 0 Å². The van der Waals surface area contributed by atoms with Crippen molar-refractivity contribution in [2.75, 3.05) is 18.6 Å². The Bertz CT molecular complexity index is 633. The van der Waals surface area contributed by atoms with E-state index in [9.17, 15) is 13.2 Å². The highest BCUT2D eigenvalue weighted by Crippen LogP contribution is 2.21. The molecule has 0 spiro atoms. The van der Waals surface area contributed by atoms with Gasteiger partial charge in [0.2, 0.25) is 0 Å². The van der Waals surface area contributed by atoms with Gasteiger partial charge in [0.1, 0.15) is 9.84 Å². The summed E-state index contributed by atoms with van der Waals surface area (Å²) in [6.45, 7) is 7.66. The molecular formula is C15H22ClNO3S. The Morgan fingerprint density at radius 1 is 1.29 bits per heavy atom. The van der Waals surface area contributed by atoms with Gasteiger partial charge in [0.25, 0.3) is 5.91 Å². The lowest BCUT2D eigenvalue weighted by Crippen LogP contribution is -2.47. The number of benzene rings is 1. The third-order valence-electron chi connectivity index (χ3n) is 3.16. The van der Waals surface area contributed by atoms with Crippen molar-refractivity contribution in [3.05, 3.63) is 34.3 Å². The van der Waals surface area contributed by atoms with Crippen molar-refractivity contribution in [1.29, 1.82) is 0 Å². The van der Waals surface area contributed by atoms with Crippen LogP contribution in [0.3, 0.4) is 0 Å². The summed E-state index contributed by atoms with van der Waals surface area (Å²) < 4.78 is 22.7. The fourth-order valence-electron chi connectivity index (χ4n) is 1.88. The van der Waals surface area contributed by atoms with Crippen molar-refractivity contribution in [2.45, 2.75) is 33.2 Å². The molecule has 21 heavy (non-hydrogen) atoms. The zero-order valence-electron chi connectivity index (χ0n) is 13.1. The van der Waals surface area contributed by atoms with Crippen LogP contribution >= 0.6 is 11.6 Å². The lowest BCUT2D eigenvalue weighted by molar-refractivity contribution is 0.0601. The van der Waals surface area contributed by atoms with Crippen LogP contribution < -0.4 is 0 Å². The first-order chi connectivity index (χ1) is 9.42. The number of carbonyl (C=O) groups is 1. The molecule has 0 saturated carbocycles. The summed E-state index contributed by atoms with van der Waals surface area (Å²) in [7, 11) is -3.13. The van der Waals surface area contributed by atoms with Crippen LogP contribution in [0.4, 0.5) is 0 Å². The molecule has 0 unspecified atom stereocenters. The lowest BCUT2D eigenvalue weighted by Gasteiger charge is -2.35. The fourth-order valence-corrected chi connectivity index (χ4v) is 2.58. The number of hydrogen-bond donors (Lipinski definition) is 0. The fraction of sp³-hybridized carbons (Fsp3) is 0.533. The maximum absolute atomic E-state index is 12.6. The number of carbonyl (C=O) groups excluding carboxylic acids is 1. The predicted molar refractivity (Wildman–Crippen MR) is 86.7 cm³/mol. The van der Waals surface area contributed by atoms with Crippen molar-refractivity contribution in [3.63, 3.8) is 0 Å². The van der Waals surface area contributed by atoms with E-state index in [-0.39, 0.29) is 18.2 Å². The maximum atomic E-state index is 12.6. The Morgan fingerprint density at radius 2 is 1.86 bits per heavy atom. The van der Waals surface area contributed by atoms with Crippen molar-refractivity contribution < 1.29 is 13.2 Å². The summed E-state index contributed by atoms with van der Waals surface area (Å²) >= 11 is 6.06. The van der Waals surface area contributed by atoms with Crippen LogP contribution in [0.2, 0.25) is 5.02 Å². The van der Waals surface area contributed by atoms with Gasteiger partial charge in [-0.05, 0) is 45.4 Å². The highest BCUT2D eigenvalue weighted by atomic mass is 35.5. The minimum absolute atomic E-state index is 0.0599. The van der Waals surface area contributed by atoms with Gasteiger partial charge in [0.15, 0.2) is 0 Å². The molecule has 0 aliphatic carbocycles. The van der Waals surface area contributed by atoms with E-state index in [1.54, 1.807) is 23.1 Å². The van der Waals surface area contributed by atoms with Crippen LogP contribution in [-0.2, 0) is 9.84 Å². The van der Waals surface area contributed by atoms with Gasteiger partial charge < -0.3 is 4.90 Å². The quantitative estimate of drug-likeness (QED) is 0.852. The summed E-state index contributed by atoms with van der Waals surface area (Å²) in [4.78, 5) is 14.2. The summed E-state index contributed by atoms with van der Waals surface area (Å²) in [5.74, 6) is -0.275. The number of sulfone groups is 1. The largest absolute Gasteiger partial charge is 0.333 e. The van der Waals surface area contributed by atoms with Crippen LogP contribution in [0.15, 0.2) is 18.2 Å². The zero-order chi connectivity index (χ0) is 16.4. The second kappa shape index (κ2) is 6.36. The van der Waals surface area contributed by atoms with Gasteiger partial charge in [-0.3, -0.25) is 4.79 Å². The molecule has 4 nitrogen and oxygen atoms in total. The zero-order valence-corrected chi connectivity index (χ0v) is 14.7. The molecule has 1 aromatic carbocycles. The first-order valence-corrected chi connectivity index (χ1v) is 9.11. The summed E-state index contributed by atoms with van der Waals surface area (Å²) in [5.41, 5.74) is 0.889. The highest BCUT2D eigenvalue weighted by Gasteiger charge is 2.28. The van der Waals surface area contributed by atoms with E-state index in [2.05, 4.69) is 0 Å². The Kier molecular flexibility index (Phi) is 5.45. The molecule has 6 heteroatoms. The minimum Gasteiger partial charge on any atom is -0.333 e. The molecule has 0 aliphatic rings. The van der Waals surface area contributed by atoms with E-state index in [4.69, 9.17) is 11.6 Å². The molecule has 1 amide bonds. The van der Waals surface area contributed by atoms with Crippen molar-refractivity contribution in [2.24, 2.45) is 0 Å². The Balaban J connectivity index is 3.08. The molecular weight excluding hydrogens is 310 g/mol. The average Bonchev–Trinajstić information content (AvgIpc) is 2.29. The SMILES string of the molecule is Cc1ccc(C(=O)N(CCS(C)(=O)=O)C(C)(C)C)cc1Cl. The van der Waals surface area contributed by atoms with E-state index in [1.165, 1.54) is 6.26 Å². The van der Waals surface area contributed by atoms with E-state index in [0.717, 1.165) is 5.56 Å². The smallest absolute Gasteiger partial charge is 0.254 e. The number of nitrogens with zero attached hydrogens (tertiary/aromatic N) is 1. The van der Waals surface area contributed by atoms with Gasteiger partial charge in [-0.1, -0.05) is 17.7 Å². The third kappa shape index (κ3) is 5.32. The molecule has 0 heterocycles. The van der Waals surface area contributed by atoms with Crippen LogP contribution in [-0.4, -0.2) is 43.3 Å². The van der Waals surface area contributed by atoms with Crippen molar-refractivity contribution in [3.8, 4) is 0 Å². The lowest BCUT2D eigenvalue weighted by atomic mass is 10.0. The Labute approximate surface area is 132 Å². The van der Waals surface area contributed by atoms with E-state index in [0.29, 0.717) is 10.6 Å². The Hall–Kier alpha value is -1.07. The van der Waals surface area contributed by atoms with E-state index in [1.807, 2.05) is 27.7 Å². The molecule has 0 radical (unpaired) electrons. The molecule has 0 aromatic heterocycles. The summed E-state index contributed by atoms with van der Waals surface area (Å²) in [6.07, 6.45) is 1.17. The molecule has 1 rings (SSSR count). The molecule has 1 aromatic rings. The Morgan fingerprint density at radius 3 is 2.29 bits per heavy atom. The van der Waals surface area contributed by atoms with Gasteiger partial charge in [-0.15, -0.1) is 0 Å². The van der Waals surface area contributed by atoms with E-state index < -0.39 is 15.4 Å². The molecule has 0 aliphatic heterocycles. The van der Waals surface area contributed by atoms with Gasteiger partial charge in [-0.2, -0.15) is 0 Å².